The molecule has 0 aliphatic carbocycles. The van der Waals surface area contributed by atoms with Crippen molar-refractivity contribution in [3.05, 3.63) is 65.2 Å². The lowest BCUT2D eigenvalue weighted by Crippen LogP contribution is -2.25. The molecule has 124 valence electrons. The van der Waals surface area contributed by atoms with Crippen LogP contribution in [-0.4, -0.2) is 18.4 Å². The van der Waals surface area contributed by atoms with Crippen LogP contribution in [0.15, 0.2) is 48.5 Å². The van der Waals surface area contributed by atoms with Gasteiger partial charge in [-0.3, -0.25) is 9.59 Å². The van der Waals surface area contributed by atoms with E-state index in [1.807, 2.05) is 60.4 Å². The third-order valence-electron chi connectivity index (χ3n) is 4.42. The monoisotopic (exact) mass is 322 g/mol. The van der Waals surface area contributed by atoms with Crippen molar-refractivity contribution < 1.29 is 9.59 Å². The molecular weight excluding hydrogens is 300 g/mol. The molecule has 1 heterocycles. The molecule has 1 aliphatic rings. The Morgan fingerprint density at radius 1 is 1.12 bits per heavy atom. The van der Waals surface area contributed by atoms with E-state index in [2.05, 4.69) is 5.32 Å². The lowest BCUT2D eigenvalue weighted by molar-refractivity contribution is -0.120. The van der Waals surface area contributed by atoms with Gasteiger partial charge in [0.15, 0.2) is 0 Å². The first-order valence-corrected chi connectivity index (χ1v) is 8.34. The second-order valence-corrected chi connectivity index (χ2v) is 6.20. The van der Waals surface area contributed by atoms with Gasteiger partial charge in [-0.1, -0.05) is 36.4 Å². The summed E-state index contributed by atoms with van der Waals surface area (Å²) in [7, 11) is 0. The van der Waals surface area contributed by atoms with Crippen molar-refractivity contribution in [2.75, 3.05) is 11.4 Å². The Hall–Kier alpha value is -2.62. The number of benzene rings is 2. The molecule has 0 bridgehead atoms. The van der Waals surface area contributed by atoms with Gasteiger partial charge in [-0.2, -0.15) is 0 Å². The summed E-state index contributed by atoms with van der Waals surface area (Å²) >= 11 is 0. The molecule has 0 atom stereocenters. The second-order valence-electron chi connectivity index (χ2n) is 6.20. The molecule has 2 aromatic rings. The quantitative estimate of drug-likeness (QED) is 0.920. The molecule has 3 rings (SSSR count). The molecule has 0 unspecified atom stereocenters. The summed E-state index contributed by atoms with van der Waals surface area (Å²) in [6.07, 6.45) is 1.96. The van der Waals surface area contributed by atoms with E-state index in [-0.39, 0.29) is 11.8 Å². The van der Waals surface area contributed by atoms with Crippen LogP contribution in [0.2, 0.25) is 0 Å². The lowest BCUT2D eigenvalue weighted by atomic mass is 10.1. The van der Waals surface area contributed by atoms with Gasteiger partial charge in [-0.05, 0) is 42.2 Å². The minimum absolute atomic E-state index is 0.0168. The third-order valence-corrected chi connectivity index (χ3v) is 4.42. The first-order valence-electron chi connectivity index (χ1n) is 8.34. The number of nitrogens with one attached hydrogen (secondary N) is 1. The Labute approximate surface area is 142 Å². The smallest absolute Gasteiger partial charge is 0.227 e. The molecule has 0 saturated carbocycles. The van der Waals surface area contributed by atoms with Gasteiger partial charge in [-0.25, -0.2) is 0 Å². The van der Waals surface area contributed by atoms with E-state index < -0.39 is 0 Å². The third kappa shape index (κ3) is 3.82. The summed E-state index contributed by atoms with van der Waals surface area (Å²) in [5.74, 6) is 0.206. The minimum Gasteiger partial charge on any atom is -0.352 e. The van der Waals surface area contributed by atoms with Crippen LogP contribution in [0.5, 0.6) is 0 Å². The van der Waals surface area contributed by atoms with Crippen molar-refractivity contribution in [3.63, 3.8) is 0 Å². The first kappa shape index (κ1) is 16.2. The zero-order chi connectivity index (χ0) is 16.9. The number of nitrogens with zero attached hydrogens (tertiary/aromatic N) is 1. The van der Waals surface area contributed by atoms with Gasteiger partial charge in [0.2, 0.25) is 11.8 Å². The number of hydrogen-bond donors (Lipinski definition) is 1. The molecule has 4 nitrogen and oxygen atoms in total. The maximum atomic E-state index is 12.1. The van der Waals surface area contributed by atoms with Gasteiger partial charge in [0.1, 0.15) is 0 Å². The Morgan fingerprint density at radius 3 is 2.54 bits per heavy atom. The van der Waals surface area contributed by atoms with Crippen LogP contribution in [0.3, 0.4) is 0 Å². The van der Waals surface area contributed by atoms with E-state index in [1.54, 1.807) is 0 Å². The van der Waals surface area contributed by atoms with Crippen molar-refractivity contribution in [1.29, 1.82) is 0 Å². The summed E-state index contributed by atoms with van der Waals surface area (Å²) in [6.45, 7) is 3.31. The molecule has 1 aliphatic heterocycles. The normalized spacial score (nSPS) is 14.0. The summed E-state index contributed by atoms with van der Waals surface area (Å²) in [4.78, 5) is 25.7. The number of hydrogen-bond acceptors (Lipinski definition) is 2. The van der Waals surface area contributed by atoms with E-state index >= 15 is 0 Å². The Kier molecular flexibility index (Phi) is 4.94. The van der Waals surface area contributed by atoms with Crippen molar-refractivity contribution in [2.45, 2.75) is 32.7 Å². The molecule has 24 heavy (non-hydrogen) atoms. The molecule has 0 radical (unpaired) electrons. The van der Waals surface area contributed by atoms with Crippen molar-refractivity contribution in [2.24, 2.45) is 0 Å². The number of rotatable bonds is 5. The number of anilines is 1. The maximum Gasteiger partial charge on any atom is 0.227 e. The van der Waals surface area contributed by atoms with Crippen LogP contribution in [0.25, 0.3) is 0 Å². The molecule has 1 N–H and O–H groups in total. The fourth-order valence-corrected chi connectivity index (χ4v) is 2.96. The molecule has 1 fully saturated rings. The average Bonchev–Trinajstić information content (AvgIpc) is 3.02. The highest BCUT2D eigenvalue weighted by atomic mass is 16.2. The predicted molar refractivity (Wildman–Crippen MR) is 94.8 cm³/mol. The summed E-state index contributed by atoms with van der Waals surface area (Å²) < 4.78 is 0. The molecule has 2 amide bonds. The number of carbonyl (C=O) groups excluding carboxylic acids is 2. The van der Waals surface area contributed by atoms with Crippen molar-refractivity contribution >= 4 is 17.5 Å². The fraction of sp³-hybridized carbons (Fsp3) is 0.300. The topological polar surface area (TPSA) is 49.4 Å². The Bertz CT molecular complexity index is 738. The zero-order valence-electron chi connectivity index (χ0n) is 13.9. The summed E-state index contributed by atoms with van der Waals surface area (Å²) in [6, 6.07) is 15.8. The standard InChI is InChI=1S/C20H22N2O2/c1-15-5-2-3-6-17(15)13-19(23)21-14-16-8-10-18(11-9-16)22-12-4-7-20(22)24/h2-3,5-6,8-11H,4,7,12-14H2,1H3,(H,21,23). The van der Waals surface area contributed by atoms with E-state index in [0.717, 1.165) is 35.3 Å². The van der Waals surface area contributed by atoms with Crippen LogP contribution < -0.4 is 10.2 Å². The molecule has 2 aromatic carbocycles. The zero-order valence-corrected chi connectivity index (χ0v) is 13.9. The van der Waals surface area contributed by atoms with Gasteiger partial charge in [0, 0.05) is 25.2 Å². The Morgan fingerprint density at radius 2 is 1.88 bits per heavy atom. The van der Waals surface area contributed by atoms with Crippen molar-refractivity contribution in [3.8, 4) is 0 Å². The number of amides is 2. The van der Waals surface area contributed by atoms with Gasteiger partial charge in [0.25, 0.3) is 0 Å². The highest BCUT2D eigenvalue weighted by Crippen LogP contribution is 2.21. The largest absolute Gasteiger partial charge is 0.352 e. The maximum absolute atomic E-state index is 12.1. The van der Waals surface area contributed by atoms with Crippen LogP contribution in [0.4, 0.5) is 5.69 Å². The molecule has 1 saturated heterocycles. The van der Waals surface area contributed by atoms with E-state index in [0.29, 0.717) is 19.4 Å². The lowest BCUT2D eigenvalue weighted by Gasteiger charge is -2.16. The van der Waals surface area contributed by atoms with E-state index in [4.69, 9.17) is 0 Å². The van der Waals surface area contributed by atoms with Crippen LogP contribution >= 0.6 is 0 Å². The van der Waals surface area contributed by atoms with Crippen LogP contribution in [0, 0.1) is 6.92 Å². The summed E-state index contributed by atoms with van der Waals surface area (Å²) in [5, 5.41) is 2.95. The molecule has 0 aromatic heterocycles. The summed E-state index contributed by atoms with van der Waals surface area (Å²) in [5.41, 5.74) is 4.15. The Balaban J connectivity index is 1.54. The molecular formula is C20H22N2O2. The number of carbonyl (C=O) groups is 2. The molecule has 0 spiro atoms. The van der Waals surface area contributed by atoms with Gasteiger partial charge in [0.05, 0.1) is 6.42 Å². The van der Waals surface area contributed by atoms with Crippen LogP contribution in [0.1, 0.15) is 29.5 Å². The molecule has 4 heteroatoms. The van der Waals surface area contributed by atoms with Crippen LogP contribution in [-0.2, 0) is 22.6 Å². The van der Waals surface area contributed by atoms with Gasteiger partial charge < -0.3 is 10.2 Å². The predicted octanol–water partition coefficient (Wildman–Crippen LogP) is 2.98. The van der Waals surface area contributed by atoms with Gasteiger partial charge >= 0.3 is 0 Å². The highest BCUT2D eigenvalue weighted by Gasteiger charge is 2.21. The minimum atomic E-state index is 0.0168. The van der Waals surface area contributed by atoms with E-state index in [1.165, 1.54) is 0 Å². The number of aryl methyl sites for hydroxylation is 1. The van der Waals surface area contributed by atoms with Crippen molar-refractivity contribution in [1.82, 2.24) is 5.32 Å². The average molecular weight is 322 g/mol. The van der Waals surface area contributed by atoms with E-state index in [9.17, 15) is 9.59 Å². The second kappa shape index (κ2) is 7.30. The SMILES string of the molecule is Cc1ccccc1CC(=O)NCc1ccc(N2CCCC2=O)cc1. The fourth-order valence-electron chi connectivity index (χ4n) is 2.96. The van der Waals surface area contributed by atoms with Gasteiger partial charge in [-0.15, -0.1) is 0 Å². The first-order chi connectivity index (χ1) is 11.6. The highest BCUT2D eigenvalue weighted by molar-refractivity contribution is 5.95.